The Morgan fingerprint density at radius 1 is 0.885 bits per heavy atom. The molecule has 0 aliphatic heterocycles. The van der Waals surface area contributed by atoms with Crippen LogP contribution in [0.1, 0.15) is 13.8 Å². The van der Waals surface area contributed by atoms with Gasteiger partial charge in [0.05, 0.1) is 13.2 Å². The second kappa shape index (κ2) is 8.20. The Bertz CT molecular complexity index is 607. The number of aliphatic hydroxyl groups excluding tert-OH is 1. The van der Waals surface area contributed by atoms with Gasteiger partial charge in [0, 0.05) is 0 Å². The maximum Gasteiger partial charge on any atom is 0.170 e. The first-order chi connectivity index (χ1) is 12.2. The summed E-state index contributed by atoms with van der Waals surface area (Å²) in [6.45, 7) is 2.10. The minimum absolute atomic E-state index is 0.205. The molecule has 2 aliphatic carbocycles. The summed E-state index contributed by atoms with van der Waals surface area (Å²) < 4.78 is 10.9. The molecule has 2 aliphatic rings. The van der Waals surface area contributed by atoms with Crippen LogP contribution in [-0.2, 0) is 19.1 Å². The van der Waals surface area contributed by atoms with Gasteiger partial charge >= 0.3 is 0 Å². The topological polar surface area (TPSA) is 113 Å². The zero-order valence-electron chi connectivity index (χ0n) is 14.7. The van der Waals surface area contributed by atoms with E-state index in [9.17, 15) is 24.9 Å². The van der Waals surface area contributed by atoms with Crippen LogP contribution >= 0.6 is 0 Å². The minimum Gasteiger partial charge on any atom is -0.388 e. The fourth-order valence-corrected chi connectivity index (χ4v) is 2.70. The zero-order valence-corrected chi connectivity index (χ0v) is 14.7. The molecule has 0 saturated carbocycles. The molecule has 0 radical (unpaired) electrons. The average molecular weight is 364 g/mol. The molecule has 0 heterocycles. The molecular weight excluding hydrogens is 340 g/mol. The number of hydrogen-bond donors (Lipinski definition) is 3. The first-order valence-electron chi connectivity index (χ1n) is 8.30. The van der Waals surface area contributed by atoms with E-state index < -0.39 is 41.1 Å². The van der Waals surface area contributed by atoms with Gasteiger partial charge in [0.15, 0.2) is 22.8 Å². The summed E-state index contributed by atoms with van der Waals surface area (Å²) in [7, 11) is 0. The third-order valence-electron chi connectivity index (χ3n) is 4.43. The summed E-state index contributed by atoms with van der Waals surface area (Å²) in [4.78, 5) is 23.3. The monoisotopic (exact) mass is 364 g/mol. The van der Waals surface area contributed by atoms with E-state index in [1.54, 1.807) is 24.3 Å². The third kappa shape index (κ3) is 4.25. The number of carbonyl (C=O) groups excluding carboxylic acids is 2. The summed E-state index contributed by atoms with van der Waals surface area (Å²) >= 11 is 0. The van der Waals surface area contributed by atoms with Crippen molar-refractivity contribution in [1.82, 2.24) is 0 Å². The van der Waals surface area contributed by atoms with E-state index in [0.29, 0.717) is 0 Å². The van der Waals surface area contributed by atoms with Crippen LogP contribution in [0.4, 0.5) is 0 Å². The van der Waals surface area contributed by atoms with Crippen molar-refractivity contribution < 1.29 is 34.4 Å². The molecule has 2 rings (SSSR count). The van der Waals surface area contributed by atoms with Gasteiger partial charge in [0.2, 0.25) is 0 Å². The molecule has 7 nitrogen and oxygen atoms in total. The minimum atomic E-state index is -1.78. The Kier molecular flexibility index (Phi) is 6.44. The highest BCUT2D eigenvalue weighted by Crippen LogP contribution is 2.24. The van der Waals surface area contributed by atoms with E-state index in [1.807, 2.05) is 0 Å². The van der Waals surface area contributed by atoms with Crippen molar-refractivity contribution in [3.8, 4) is 0 Å². The van der Waals surface area contributed by atoms with Gasteiger partial charge in [-0.05, 0) is 26.0 Å². The highest BCUT2D eigenvalue weighted by Gasteiger charge is 2.41. The van der Waals surface area contributed by atoms with E-state index in [-0.39, 0.29) is 13.2 Å². The molecule has 142 valence electrons. The highest BCUT2D eigenvalue weighted by molar-refractivity contribution is 5.89. The summed E-state index contributed by atoms with van der Waals surface area (Å²) in [5.41, 5.74) is -3.55. The lowest BCUT2D eigenvalue weighted by molar-refractivity contribution is -0.150. The fourth-order valence-electron chi connectivity index (χ4n) is 2.70. The Labute approximate surface area is 151 Å². The first kappa shape index (κ1) is 20.4. The van der Waals surface area contributed by atoms with Crippen LogP contribution in [0.5, 0.6) is 0 Å². The number of Topliss-reactive ketones (excluding diaryl/α,β-unsaturated/α-hetero) is 2. The number of aliphatic hydroxyl groups is 3. The number of rotatable bonds is 8. The fraction of sp³-hybridized carbons (Fsp3) is 0.474. The molecule has 0 aromatic rings. The summed E-state index contributed by atoms with van der Waals surface area (Å²) in [6.07, 6.45) is 9.17. The molecule has 0 fully saturated rings. The second-order valence-corrected chi connectivity index (χ2v) is 6.41. The van der Waals surface area contributed by atoms with Crippen LogP contribution in [0.15, 0.2) is 48.6 Å². The molecule has 0 aromatic carbocycles. The second-order valence-electron chi connectivity index (χ2n) is 6.41. The Morgan fingerprint density at radius 3 is 1.62 bits per heavy atom. The van der Waals surface area contributed by atoms with Crippen molar-refractivity contribution in [2.24, 2.45) is 0 Å². The lowest BCUT2D eigenvalue weighted by Gasteiger charge is -2.33. The van der Waals surface area contributed by atoms with E-state index in [0.717, 1.165) is 0 Å². The van der Waals surface area contributed by atoms with Crippen LogP contribution in [0.3, 0.4) is 0 Å². The van der Waals surface area contributed by atoms with Crippen LogP contribution in [0, 0.1) is 0 Å². The number of carbonyl (C=O) groups is 2. The molecule has 0 aromatic heterocycles. The lowest BCUT2D eigenvalue weighted by atomic mass is 9.88. The first-order valence-corrected chi connectivity index (χ1v) is 8.30. The molecule has 0 spiro atoms. The molecule has 26 heavy (non-hydrogen) atoms. The van der Waals surface area contributed by atoms with Crippen molar-refractivity contribution in [3.05, 3.63) is 48.6 Å². The molecule has 0 amide bonds. The standard InChI is InChI=1S/C19H24O7/c1-13(20)18(23)9-5-3-7-16(18)25-11-15(22)12-26-17-8-4-6-10-19(17,24)14(2)21/h3-10,15-17,22-24H,11-12H2,1-2H3. The van der Waals surface area contributed by atoms with Gasteiger partial charge < -0.3 is 24.8 Å². The van der Waals surface area contributed by atoms with Gasteiger partial charge in [-0.15, -0.1) is 0 Å². The third-order valence-corrected chi connectivity index (χ3v) is 4.43. The maximum atomic E-state index is 11.7. The Morgan fingerprint density at radius 2 is 1.27 bits per heavy atom. The summed E-state index contributed by atoms with van der Waals surface area (Å²) in [6, 6.07) is 0. The smallest absolute Gasteiger partial charge is 0.170 e. The predicted molar refractivity (Wildman–Crippen MR) is 93.3 cm³/mol. The Balaban J connectivity index is 1.88. The van der Waals surface area contributed by atoms with Crippen molar-refractivity contribution in [3.63, 3.8) is 0 Å². The van der Waals surface area contributed by atoms with Crippen molar-refractivity contribution in [2.45, 2.75) is 43.4 Å². The summed E-state index contributed by atoms with van der Waals surface area (Å²) in [5, 5.41) is 30.8. The molecule has 3 N–H and O–H groups in total. The number of allylic oxidation sites excluding steroid dienone is 4. The van der Waals surface area contributed by atoms with Gasteiger partial charge in [-0.3, -0.25) is 9.59 Å². The van der Waals surface area contributed by atoms with Crippen LogP contribution in [0.2, 0.25) is 0 Å². The lowest BCUT2D eigenvalue weighted by Crippen LogP contribution is -2.50. The summed E-state index contributed by atoms with van der Waals surface area (Å²) in [5.74, 6) is -0.945. The van der Waals surface area contributed by atoms with Crippen molar-refractivity contribution >= 4 is 11.6 Å². The molecule has 7 heteroatoms. The molecular formula is C19H24O7. The van der Waals surface area contributed by atoms with Crippen molar-refractivity contribution in [2.75, 3.05) is 13.2 Å². The zero-order chi connectivity index (χ0) is 19.4. The SMILES string of the molecule is CC(=O)C1(O)C=CC=CC1OCC(O)COC1C=CC=CC1(O)C(C)=O. The largest absolute Gasteiger partial charge is 0.388 e. The predicted octanol–water partition coefficient (Wildman–Crippen LogP) is 0.00990. The normalized spacial score (nSPS) is 34.0. The number of hydrogen-bond acceptors (Lipinski definition) is 7. The Hall–Kier alpha value is -1.90. The van der Waals surface area contributed by atoms with E-state index >= 15 is 0 Å². The van der Waals surface area contributed by atoms with E-state index in [4.69, 9.17) is 9.47 Å². The molecule has 4 atom stereocenters. The maximum absolute atomic E-state index is 11.7. The van der Waals surface area contributed by atoms with Gasteiger partial charge in [0.25, 0.3) is 0 Å². The van der Waals surface area contributed by atoms with Gasteiger partial charge in [-0.1, -0.05) is 36.5 Å². The van der Waals surface area contributed by atoms with Crippen LogP contribution in [-0.4, -0.2) is 69.6 Å². The van der Waals surface area contributed by atoms with E-state index in [2.05, 4.69) is 0 Å². The van der Waals surface area contributed by atoms with Crippen LogP contribution < -0.4 is 0 Å². The van der Waals surface area contributed by atoms with Crippen molar-refractivity contribution in [1.29, 1.82) is 0 Å². The van der Waals surface area contributed by atoms with Gasteiger partial charge in [-0.2, -0.15) is 0 Å². The van der Waals surface area contributed by atoms with Gasteiger partial charge in [0.1, 0.15) is 18.3 Å². The van der Waals surface area contributed by atoms with Gasteiger partial charge in [-0.25, -0.2) is 0 Å². The number of ether oxygens (including phenoxy) is 2. The van der Waals surface area contributed by atoms with Crippen LogP contribution in [0.25, 0.3) is 0 Å². The molecule has 4 unspecified atom stereocenters. The average Bonchev–Trinajstić information content (AvgIpc) is 2.60. The molecule has 0 bridgehead atoms. The number of ketones is 2. The van der Waals surface area contributed by atoms with E-state index in [1.165, 1.54) is 38.2 Å². The molecule has 0 saturated heterocycles. The highest BCUT2D eigenvalue weighted by atomic mass is 16.5. The quantitative estimate of drug-likeness (QED) is 0.556.